The first-order valence-electron chi connectivity index (χ1n) is 6.73. The van der Waals surface area contributed by atoms with Gasteiger partial charge in [-0.15, -0.1) is 0 Å². The number of halogens is 3. The van der Waals surface area contributed by atoms with Crippen molar-refractivity contribution in [1.82, 2.24) is 5.43 Å². The number of nitrogens with zero attached hydrogens (tertiary/aromatic N) is 1. The second kappa shape index (κ2) is 9.05. The van der Waals surface area contributed by atoms with Gasteiger partial charge in [0.25, 0.3) is 5.91 Å². The maximum absolute atomic E-state index is 11.7. The first-order chi connectivity index (χ1) is 11.5. The largest absolute Gasteiger partial charge is 0.494 e. The summed E-state index contributed by atoms with van der Waals surface area (Å²) in [6, 6.07) is 10.5. The summed E-state index contributed by atoms with van der Waals surface area (Å²) in [4.78, 5) is 11.7. The van der Waals surface area contributed by atoms with Crippen molar-refractivity contribution in [1.29, 1.82) is 0 Å². The van der Waals surface area contributed by atoms with E-state index in [-0.39, 0.29) is 12.5 Å². The predicted molar refractivity (Wildman–Crippen MR) is 101 cm³/mol. The zero-order chi connectivity index (χ0) is 17.5. The Labute approximate surface area is 161 Å². The van der Waals surface area contributed by atoms with E-state index in [1.54, 1.807) is 31.4 Å². The minimum Gasteiger partial charge on any atom is -0.494 e. The predicted octanol–water partition coefficient (Wildman–Crippen LogP) is 4.40. The Bertz CT molecular complexity index is 746. The van der Waals surface area contributed by atoms with Gasteiger partial charge in [0.2, 0.25) is 0 Å². The SMILES string of the molecule is COc1c(Br)cc(/C=N\NC(=O)COc2cccc(Cl)c2)cc1Br. The third-order valence-electron chi connectivity index (χ3n) is 2.79. The highest BCUT2D eigenvalue weighted by atomic mass is 79.9. The Morgan fingerprint density at radius 3 is 2.62 bits per heavy atom. The molecule has 0 aliphatic rings. The summed E-state index contributed by atoms with van der Waals surface area (Å²) in [5.41, 5.74) is 3.18. The second-order valence-corrected chi connectivity index (χ2v) is 6.70. The zero-order valence-electron chi connectivity index (χ0n) is 12.6. The molecule has 0 unspecified atom stereocenters. The molecule has 2 aromatic rings. The van der Waals surface area contributed by atoms with Crippen molar-refractivity contribution in [3.8, 4) is 11.5 Å². The number of hydrazone groups is 1. The van der Waals surface area contributed by atoms with Crippen molar-refractivity contribution in [2.45, 2.75) is 0 Å². The molecular weight excluding hydrogens is 463 g/mol. The van der Waals surface area contributed by atoms with Gasteiger partial charge >= 0.3 is 0 Å². The van der Waals surface area contributed by atoms with Gasteiger partial charge in [0, 0.05) is 5.02 Å². The summed E-state index contributed by atoms with van der Waals surface area (Å²) < 4.78 is 12.1. The van der Waals surface area contributed by atoms with Crippen LogP contribution in [0.4, 0.5) is 0 Å². The van der Waals surface area contributed by atoms with E-state index in [4.69, 9.17) is 21.1 Å². The van der Waals surface area contributed by atoms with Crippen molar-refractivity contribution in [2.24, 2.45) is 5.10 Å². The molecule has 0 heterocycles. The number of ether oxygens (including phenoxy) is 2. The van der Waals surface area contributed by atoms with E-state index in [0.29, 0.717) is 16.5 Å². The fourth-order valence-corrected chi connectivity index (χ4v) is 3.49. The van der Waals surface area contributed by atoms with Crippen LogP contribution in [0, 0.1) is 0 Å². The number of methoxy groups -OCH3 is 1. The quantitative estimate of drug-likeness (QED) is 0.497. The summed E-state index contributed by atoms with van der Waals surface area (Å²) >= 11 is 12.6. The Balaban J connectivity index is 1.88. The number of rotatable bonds is 6. The van der Waals surface area contributed by atoms with Gasteiger partial charge in [-0.1, -0.05) is 17.7 Å². The van der Waals surface area contributed by atoms with Crippen LogP contribution in [0.15, 0.2) is 50.4 Å². The maximum atomic E-state index is 11.7. The monoisotopic (exact) mass is 474 g/mol. The van der Waals surface area contributed by atoms with Gasteiger partial charge < -0.3 is 9.47 Å². The molecule has 0 aliphatic heterocycles. The summed E-state index contributed by atoms with van der Waals surface area (Å²) in [6.07, 6.45) is 1.52. The lowest BCUT2D eigenvalue weighted by Crippen LogP contribution is -2.24. The molecule has 0 saturated carbocycles. The smallest absolute Gasteiger partial charge is 0.277 e. The molecule has 2 aromatic carbocycles. The molecule has 0 bridgehead atoms. The van der Waals surface area contributed by atoms with E-state index >= 15 is 0 Å². The van der Waals surface area contributed by atoms with Crippen LogP contribution in [-0.2, 0) is 4.79 Å². The third-order valence-corrected chi connectivity index (χ3v) is 4.21. The number of hydrogen-bond donors (Lipinski definition) is 1. The molecule has 2 rings (SSSR count). The molecule has 0 radical (unpaired) electrons. The van der Waals surface area contributed by atoms with Crippen LogP contribution in [0.5, 0.6) is 11.5 Å². The average molecular weight is 477 g/mol. The summed E-state index contributed by atoms with van der Waals surface area (Å²) in [6.45, 7) is -0.159. The number of carbonyl (C=O) groups excluding carboxylic acids is 1. The van der Waals surface area contributed by atoms with E-state index in [2.05, 4.69) is 42.4 Å². The average Bonchev–Trinajstić information content (AvgIpc) is 2.53. The molecule has 8 heteroatoms. The molecule has 1 amide bonds. The highest BCUT2D eigenvalue weighted by molar-refractivity contribution is 9.11. The lowest BCUT2D eigenvalue weighted by Gasteiger charge is -2.07. The molecule has 0 saturated heterocycles. The van der Waals surface area contributed by atoms with Gasteiger partial charge in [0.1, 0.15) is 11.5 Å². The normalized spacial score (nSPS) is 10.7. The van der Waals surface area contributed by atoms with Gasteiger partial charge in [-0.2, -0.15) is 5.10 Å². The topological polar surface area (TPSA) is 59.9 Å². The van der Waals surface area contributed by atoms with Gasteiger partial charge in [-0.25, -0.2) is 5.43 Å². The fourth-order valence-electron chi connectivity index (χ4n) is 1.77. The second-order valence-electron chi connectivity index (χ2n) is 4.56. The van der Waals surface area contributed by atoms with Crippen LogP contribution in [0.25, 0.3) is 0 Å². The fraction of sp³-hybridized carbons (Fsp3) is 0.125. The first-order valence-corrected chi connectivity index (χ1v) is 8.69. The lowest BCUT2D eigenvalue weighted by atomic mass is 10.2. The summed E-state index contributed by atoms with van der Waals surface area (Å²) in [5, 5.41) is 4.44. The van der Waals surface area contributed by atoms with Crippen molar-refractivity contribution < 1.29 is 14.3 Å². The molecule has 1 N–H and O–H groups in total. The zero-order valence-corrected chi connectivity index (χ0v) is 16.5. The standard InChI is InChI=1S/C16H13Br2ClN2O3/c1-23-16-13(17)5-10(6-14(16)18)8-20-21-15(22)9-24-12-4-2-3-11(19)7-12/h2-8H,9H2,1H3,(H,21,22)/b20-8-. The molecule has 0 aliphatic carbocycles. The number of hydrogen-bond acceptors (Lipinski definition) is 4. The van der Waals surface area contributed by atoms with Gasteiger partial charge in [-0.05, 0) is 67.8 Å². The van der Waals surface area contributed by atoms with Gasteiger partial charge in [0.05, 0.1) is 22.3 Å². The van der Waals surface area contributed by atoms with Crippen LogP contribution < -0.4 is 14.9 Å². The van der Waals surface area contributed by atoms with E-state index in [1.807, 2.05) is 12.1 Å². The molecule has 0 aromatic heterocycles. The third kappa shape index (κ3) is 5.51. The molecule has 0 atom stereocenters. The van der Waals surface area contributed by atoms with Crippen LogP contribution in [-0.4, -0.2) is 25.8 Å². The first kappa shape index (κ1) is 18.8. The number of nitrogens with one attached hydrogen (secondary N) is 1. The highest BCUT2D eigenvalue weighted by Gasteiger charge is 2.07. The van der Waals surface area contributed by atoms with Crippen molar-refractivity contribution in [3.63, 3.8) is 0 Å². The number of benzene rings is 2. The maximum Gasteiger partial charge on any atom is 0.277 e. The molecular formula is C16H13Br2ClN2O3. The highest BCUT2D eigenvalue weighted by Crippen LogP contribution is 2.33. The van der Waals surface area contributed by atoms with Crippen molar-refractivity contribution in [3.05, 3.63) is 55.9 Å². The molecule has 24 heavy (non-hydrogen) atoms. The number of amides is 1. The van der Waals surface area contributed by atoms with E-state index in [0.717, 1.165) is 14.5 Å². The molecule has 0 spiro atoms. The number of carbonyl (C=O) groups is 1. The van der Waals surface area contributed by atoms with Crippen LogP contribution >= 0.6 is 43.5 Å². The van der Waals surface area contributed by atoms with Crippen LogP contribution in [0.2, 0.25) is 5.02 Å². The van der Waals surface area contributed by atoms with E-state index in [9.17, 15) is 4.79 Å². The Hall–Kier alpha value is -1.57. The summed E-state index contributed by atoms with van der Waals surface area (Å²) in [5.74, 6) is 0.827. The minimum atomic E-state index is -0.377. The van der Waals surface area contributed by atoms with E-state index in [1.165, 1.54) is 6.21 Å². The van der Waals surface area contributed by atoms with Crippen LogP contribution in [0.1, 0.15) is 5.56 Å². The van der Waals surface area contributed by atoms with Crippen molar-refractivity contribution in [2.75, 3.05) is 13.7 Å². The van der Waals surface area contributed by atoms with Crippen LogP contribution in [0.3, 0.4) is 0 Å². The van der Waals surface area contributed by atoms with Gasteiger partial charge in [0.15, 0.2) is 6.61 Å². The summed E-state index contributed by atoms with van der Waals surface area (Å²) in [7, 11) is 1.58. The minimum absolute atomic E-state index is 0.159. The van der Waals surface area contributed by atoms with Gasteiger partial charge in [-0.3, -0.25) is 4.79 Å². The van der Waals surface area contributed by atoms with Crippen molar-refractivity contribution >= 4 is 55.6 Å². The lowest BCUT2D eigenvalue weighted by molar-refractivity contribution is -0.123. The Morgan fingerprint density at radius 1 is 1.29 bits per heavy atom. The Kier molecular flexibility index (Phi) is 7.08. The Morgan fingerprint density at radius 2 is 2.00 bits per heavy atom. The molecule has 5 nitrogen and oxygen atoms in total. The molecule has 0 fully saturated rings. The van der Waals surface area contributed by atoms with E-state index < -0.39 is 0 Å². The molecule has 126 valence electrons.